The van der Waals surface area contributed by atoms with Gasteiger partial charge in [-0.05, 0) is 73.1 Å². The Morgan fingerprint density at radius 1 is 1.02 bits per heavy atom. The van der Waals surface area contributed by atoms with Crippen LogP contribution in [0.4, 0.5) is 0 Å². The first-order chi connectivity index (χ1) is 24.6. The minimum absolute atomic E-state index is 0. The summed E-state index contributed by atoms with van der Waals surface area (Å²) in [5, 5.41) is 17.6. The molecule has 0 bridgehead atoms. The number of allylic oxidation sites excluding steroid dienone is 2. The summed E-state index contributed by atoms with van der Waals surface area (Å²) in [6, 6.07) is 24.2. The van der Waals surface area contributed by atoms with Crippen LogP contribution in [-0.4, -0.2) is 19.0 Å². The molecule has 3 nitrogen and oxygen atoms in total. The van der Waals surface area contributed by atoms with Crippen molar-refractivity contribution in [3.63, 3.8) is 0 Å². The average molecular weight is 912 g/mol. The molecule has 0 aromatic heterocycles. The van der Waals surface area contributed by atoms with Crippen LogP contribution in [0.2, 0.25) is 24.2 Å². The molecule has 4 heterocycles. The van der Waals surface area contributed by atoms with Gasteiger partial charge in [0.1, 0.15) is 5.76 Å². The van der Waals surface area contributed by atoms with Gasteiger partial charge in [0.2, 0.25) is 0 Å². The summed E-state index contributed by atoms with van der Waals surface area (Å²) in [6.07, 6.45) is 16.5. The van der Waals surface area contributed by atoms with Crippen molar-refractivity contribution in [3.8, 4) is 0 Å². The molecule has 1 unspecified atom stereocenters. The van der Waals surface area contributed by atoms with Crippen LogP contribution in [-0.2, 0) is 24.9 Å². The molecule has 283 valence electrons. The molecule has 0 saturated carbocycles. The zero-order valence-electron chi connectivity index (χ0n) is 32.7. The summed E-state index contributed by atoms with van der Waals surface area (Å²) in [6.45, 7) is 14.8. The Morgan fingerprint density at radius 2 is 1.69 bits per heavy atom. The van der Waals surface area contributed by atoms with Crippen molar-refractivity contribution >= 4 is 42.5 Å². The molecular formula is C46H61IrNO2SSi-2. The normalized spacial score (nSPS) is 19.4. The second-order valence-electron chi connectivity index (χ2n) is 16.5. The summed E-state index contributed by atoms with van der Waals surface area (Å²) >= 11 is 2.00. The predicted molar refractivity (Wildman–Crippen MR) is 221 cm³/mol. The maximum absolute atomic E-state index is 11.9. The van der Waals surface area contributed by atoms with Gasteiger partial charge in [-0.2, -0.15) is 6.20 Å². The number of carbonyl (C=O) groups excluding carboxylic acids is 1. The zero-order chi connectivity index (χ0) is 36.3. The Balaban J connectivity index is 0.000000264. The molecule has 52 heavy (non-hydrogen) atoms. The van der Waals surface area contributed by atoms with Gasteiger partial charge in [0, 0.05) is 42.4 Å². The van der Waals surface area contributed by atoms with Gasteiger partial charge in [-0.15, -0.1) is 51.9 Å². The van der Waals surface area contributed by atoms with Crippen molar-refractivity contribution in [2.75, 3.05) is 0 Å². The zero-order valence-corrected chi connectivity index (χ0v) is 37.0. The molecule has 2 saturated heterocycles. The minimum atomic E-state index is -0.927. The van der Waals surface area contributed by atoms with Crippen LogP contribution in [0.25, 0.3) is 22.2 Å². The fraction of sp³-hybridized carbons (Fsp3) is 0.543. The van der Waals surface area contributed by atoms with Gasteiger partial charge in [-0.3, -0.25) is 4.79 Å². The molecule has 0 amide bonds. The second kappa shape index (κ2) is 17.6. The molecule has 7 rings (SSSR count). The van der Waals surface area contributed by atoms with Gasteiger partial charge in [-0.1, -0.05) is 127 Å². The maximum atomic E-state index is 11.9. The van der Waals surface area contributed by atoms with E-state index in [9.17, 15) is 9.90 Å². The quantitative estimate of drug-likeness (QED) is 0.101. The number of benzene rings is 3. The second-order valence-corrected chi connectivity index (χ2v) is 22.6. The Labute approximate surface area is 333 Å². The summed E-state index contributed by atoms with van der Waals surface area (Å²) in [5.41, 5.74) is 6.93. The first-order valence-electron chi connectivity index (χ1n) is 20.2. The molecule has 4 aliphatic rings. The molecule has 2 fully saturated rings. The first kappa shape index (κ1) is 41.1. The third kappa shape index (κ3) is 8.26. The van der Waals surface area contributed by atoms with Gasteiger partial charge in [0.15, 0.2) is 5.78 Å². The molecule has 6 heteroatoms. The number of ketones is 1. The number of fused-ring (bicyclic) bond motifs is 3. The van der Waals surface area contributed by atoms with Gasteiger partial charge < -0.3 is 10.4 Å². The van der Waals surface area contributed by atoms with E-state index in [2.05, 4.69) is 68.6 Å². The van der Waals surface area contributed by atoms with Gasteiger partial charge in [0.25, 0.3) is 0 Å². The number of carbonyl (C=O) groups is 1. The molecule has 3 aromatic rings. The van der Waals surface area contributed by atoms with E-state index >= 15 is 0 Å². The number of nitrogens with zero attached hydrogens (tertiary/aromatic N) is 1. The summed E-state index contributed by atoms with van der Waals surface area (Å²) in [7, 11) is -0.927. The monoisotopic (exact) mass is 912 g/mol. The number of aliphatic hydroxyl groups excluding tert-OH is 1. The molecule has 4 aliphatic heterocycles. The summed E-state index contributed by atoms with van der Waals surface area (Å²) < 4.78 is 0. The van der Waals surface area contributed by atoms with E-state index in [4.69, 9.17) is 5.32 Å². The van der Waals surface area contributed by atoms with Gasteiger partial charge in [0.05, 0.1) is 8.07 Å². The van der Waals surface area contributed by atoms with Crippen LogP contribution in [0.1, 0.15) is 152 Å². The predicted octanol–water partition coefficient (Wildman–Crippen LogP) is 14.4. The summed E-state index contributed by atoms with van der Waals surface area (Å²) in [4.78, 5) is 14.7. The summed E-state index contributed by atoms with van der Waals surface area (Å²) in [5.74, 6) is 1.58. The van der Waals surface area contributed by atoms with Crippen LogP contribution < -0.4 is 0 Å². The molecule has 1 spiro atoms. The Hall–Kier alpha value is -2.11. The van der Waals surface area contributed by atoms with Crippen LogP contribution in [0.5, 0.6) is 0 Å². The topological polar surface area (TPSA) is 51.4 Å². The van der Waals surface area contributed by atoms with Crippen molar-refractivity contribution in [1.29, 1.82) is 0 Å². The minimum Gasteiger partial charge on any atom is -0.682 e. The van der Waals surface area contributed by atoms with E-state index in [-0.39, 0.29) is 49.0 Å². The molecule has 1 atom stereocenters. The molecular weight excluding hydrogens is 851 g/mol. The van der Waals surface area contributed by atoms with Crippen molar-refractivity contribution < 1.29 is 30.0 Å². The van der Waals surface area contributed by atoms with Gasteiger partial charge in [-0.25, -0.2) is 0 Å². The molecule has 0 aliphatic carbocycles. The molecule has 1 N–H and O–H groups in total. The average Bonchev–Trinajstić information content (AvgIpc) is 3.15. The molecule has 3 aromatic carbocycles. The number of aliphatic hydroxyl groups is 1. The van der Waals surface area contributed by atoms with E-state index < -0.39 is 8.07 Å². The number of hydrogen-bond donors (Lipinski definition) is 1. The Bertz CT molecular complexity index is 1770. The third-order valence-electron chi connectivity index (χ3n) is 13.3. The van der Waals surface area contributed by atoms with E-state index in [1.165, 1.54) is 81.0 Å². The maximum Gasteiger partial charge on any atom is 0.162 e. The van der Waals surface area contributed by atoms with Crippen LogP contribution in [0.15, 0.2) is 64.2 Å². The number of rotatable bonds is 9. The SMILES string of the molecule is CC(C)c1c2c([c-]c3ccccc13)C1[N-]C=Cc3cc(C4CC[Si]5(CCCCC5)CC4)cc(c31)S2.CCC(CC)C(=O)/C=C(\O)C(C)(CC)CC.[Ir]. The van der Waals surface area contributed by atoms with Crippen LogP contribution in [0, 0.1) is 17.4 Å². The van der Waals surface area contributed by atoms with E-state index in [1.807, 2.05) is 46.4 Å². The van der Waals surface area contributed by atoms with E-state index in [0.717, 1.165) is 31.6 Å². The Morgan fingerprint density at radius 3 is 2.33 bits per heavy atom. The standard InChI is InChI=1S/C32H35NSSi.C14H26O2.Ir/c1-21(2)29-26-9-5-4-8-23(26)19-27-31-30-24(10-13-33-31)18-25(20-28(30)34-32(27)29)22-11-16-35(17-12-22)14-6-3-7-15-35;1-6-11(7-2)12(15)10-13(16)14(5,8-3)9-4;/h4-5,8-10,13,18,20-22,31H,3,6-7,11-12,14-17H2,1-2H3;10-11,16H,6-9H2,1-5H3;/q-2;;/b;13-10-;. The van der Waals surface area contributed by atoms with Crippen molar-refractivity contribution in [1.82, 2.24) is 0 Å². The van der Waals surface area contributed by atoms with Crippen molar-refractivity contribution in [3.05, 3.63) is 93.6 Å². The fourth-order valence-electron chi connectivity index (χ4n) is 9.30. The Kier molecular flexibility index (Phi) is 13.9. The largest absolute Gasteiger partial charge is 0.682 e. The van der Waals surface area contributed by atoms with Crippen molar-refractivity contribution in [2.24, 2.45) is 11.3 Å². The first-order valence-corrected chi connectivity index (χ1v) is 23.9. The third-order valence-corrected chi connectivity index (χ3v) is 20.0. The van der Waals surface area contributed by atoms with Gasteiger partial charge >= 0.3 is 0 Å². The van der Waals surface area contributed by atoms with Crippen LogP contribution in [0.3, 0.4) is 0 Å². The van der Waals surface area contributed by atoms with E-state index in [1.54, 1.807) is 29.7 Å². The van der Waals surface area contributed by atoms with Crippen molar-refractivity contribution in [2.45, 2.75) is 158 Å². The smallest absolute Gasteiger partial charge is 0.162 e. The fourth-order valence-corrected chi connectivity index (χ4v) is 16.2. The molecule has 1 radical (unpaired) electrons. The van der Waals surface area contributed by atoms with E-state index in [0.29, 0.717) is 5.92 Å². The number of hydrogen-bond acceptors (Lipinski definition) is 3. The van der Waals surface area contributed by atoms with Crippen LogP contribution >= 0.6 is 11.8 Å².